The van der Waals surface area contributed by atoms with Gasteiger partial charge in [0.15, 0.2) is 0 Å². The van der Waals surface area contributed by atoms with Gasteiger partial charge in [-0.05, 0) is 60.3 Å². The van der Waals surface area contributed by atoms with Crippen LogP contribution in [-0.4, -0.2) is 0 Å². The summed E-state index contributed by atoms with van der Waals surface area (Å²) in [6, 6.07) is 2.43. The Hall–Kier alpha value is -0.980. The molecule has 0 bridgehead atoms. The monoisotopic (exact) mass is 187 g/mol. The number of hydrogen-bond donors (Lipinski definition) is 1. The molecule has 0 aliphatic heterocycles. The van der Waals surface area contributed by atoms with E-state index in [0.717, 1.165) is 11.6 Å². The molecule has 74 valence electrons. The van der Waals surface area contributed by atoms with Crippen LogP contribution in [0.3, 0.4) is 0 Å². The molecule has 1 aromatic rings. The summed E-state index contributed by atoms with van der Waals surface area (Å²) in [5.41, 5.74) is 13.4. The van der Waals surface area contributed by atoms with Gasteiger partial charge in [-0.2, -0.15) is 0 Å². The van der Waals surface area contributed by atoms with Gasteiger partial charge >= 0.3 is 0 Å². The van der Waals surface area contributed by atoms with E-state index >= 15 is 0 Å². The van der Waals surface area contributed by atoms with Crippen molar-refractivity contribution in [1.82, 2.24) is 0 Å². The SMILES string of the molecule is C[C@@H]1Cc2cc3c(c(N)c2C1)CCC3. The van der Waals surface area contributed by atoms with Crippen LogP contribution in [0.5, 0.6) is 0 Å². The number of anilines is 1. The standard InChI is InChI=1S/C13H17N/c1-8-5-10-7-9-3-2-4-11(9)13(14)12(10)6-8/h7-8H,2-6,14H2,1H3/t8-/m1/s1. The first kappa shape index (κ1) is 8.34. The van der Waals surface area contributed by atoms with E-state index in [-0.39, 0.29) is 0 Å². The van der Waals surface area contributed by atoms with Crippen LogP contribution in [0, 0.1) is 5.92 Å². The van der Waals surface area contributed by atoms with Gasteiger partial charge in [-0.3, -0.25) is 0 Å². The van der Waals surface area contributed by atoms with Crippen LogP contribution >= 0.6 is 0 Å². The van der Waals surface area contributed by atoms with E-state index in [1.807, 2.05) is 0 Å². The van der Waals surface area contributed by atoms with E-state index in [1.165, 1.54) is 54.4 Å². The second-order valence-corrected chi connectivity index (χ2v) is 4.93. The number of nitrogens with two attached hydrogens (primary N) is 1. The molecule has 0 unspecified atom stereocenters. The molecule has 14 heavy (non-hydrogen) atoms. The average Bonchev–Trinajstić information content (AvgIpc) is 2.71. The van der Waals surface area contributed by atoms with E-state index in [9.17, 15) is 0 Å². The first-order chi connectivity index (χ1) is 6.75. The second kappa shape index (κ2) is 2.75. The highest BCUT2D eigenvalue weighted by Gasteiger charge is 2.25. The highest BCUT2D eigenvalue weighted by Crippen LogP contribution is 2.38. The first-order valence-corrected chi connectivity index (χ1v) is 5.67. The Balaban J connectivity index is 2.19. The summed E-state index contributed by atoms with van der Waals surface area (Å²) in [5, 5.41) is 0. The van der Waals surface area contributed by atoms with E-state index in [4.69, 9.17) is 5.73 Å². The molecular weight excluding hydrogens is 170 g/mol. The smallest absolute Gasteiger partial charge is 0.0384 e. The molecule has 2 N–H and O–H groups in total. The van der Waals surface area contributed by atoms with Crippen LogP contribution in [0.15, 0.2) is 6.07 Å². The minimum absolute atomic E-state index is 0.801. The lowest BCUT2D eigenvalue weighted by Gasteiger charge is -2.10. The summed E-state index contributed by atoms with van der Waals surface area (Å²) in [6.07, 6.45) is 6.21. The van der Waals surface area contributed by atoms with Gasteiger partial charge < -0.3 is 5.73 Å². The molecule has 1 atom stereocenters. The summed E-state index contributed by atoms with van der Waals surface area (Å²) in [5.74, 6) is 0.801. The van der Waals surface area contributed by atoms with Gasteiger partial charge in [0.1, 0.15) is 0 Å². The third-order valence-electron chi connectivity index (χ3n) is 3.77. The molecule has 0 heterocycles. The number of rotatable bonds is 0. The van der Waals surface area contributed by atoms with Gasteiger partial charge in [0.25, 0.3) is 0 Å². The van der Waals surface area contributed by atoms with Crippen molar-refractivity contribution in [3.8, 4) is 0 Å². The predicted molar refractivity (Wildman–Crippen MR) is 59.5 cm³/mol. The van der Waals surface area contributed by atoms with Gasteiger partial charge in [-0.25, -0.2) is 0 Å². The third-order valence-corrected chi connectivity index (χ3v) is 3.77. The molecule has 3 rings (SSSR count). The molecule has 0 saturated heterocycles. The van der Waals surface area contributed by atoms with E-state index < -0.39 is 0 Å². The molecular formula is C13H17N. The fourth-order valence-electron chi connectivity index (χ4n) is 3.11. The minimum atomic E-state index is 0.801. The van der Waals surface area contributed by atoms with Crippen molar-refractivity contribution in [2.75, 3.05) is 5.73 Å². The quantitative estimate of drug-likeness (QED) is 0.620. The van der Waals surface area contributed by atoms with Gasteiger partial charge in [-0.15, -0.1) is 0 Å². The zero-order valence-corrected chi connectivity index (χ0v) is 8.77. The van der Waals surface area contributed by atoms with E-state index in [0.29, 0.717) is 0 Å². The topological polar surface area (TPSA) is 26.0 Å². The predicted octanol–water partition coefficient (Wildman–Crippen LogP) is 2.49. The molecule has 0 radical (unpaired) electrons. The molecule has 1 nitrogen and oxygen atoms in total. The summed E-state index contributed by atoms with van der Waals surface area (Å²) in [4.78, 5) is 0. The lowest BCUT2D eigenvalue weighted by atomic mass is 9.99. The number of aryl methyl sites for hydroxylation is 1. The fourth-order valence-corrected chi connectivity index (χ4v) is 3.11. The fraction of sp³-hybridized carbons (Fsp3) is 0.538. The Bertz CT molecular complexity index is 393. The number of hydrogen-bond acceptors (Lipinski definition) is 1. The Kier molecular flexibility index (Phi) is 1.64. The third kappa shape index (κ3) is 1.01. The van der Waals surface area contributed by atoms with Crippen molar-refractivity contribution < 1.29 is 0 Å². The average molecular weight is 187 g/mol. The normalized spacial score (nSPS) is 23.6. The van der Waals surface area contributed by atoms with Crippen molar-refractivity contribution in [2.45, 2.75) is 39.0 Å². The first-order valence-electron chi connectivity index (χ1n) is 5.67. The van der Waals surface area contributed by atoms with Gasteiger partial charge in [-0.1, -0.05) is 13.0 Å². The number of nitrogen functional groups attached to an aromatic ring is 1. The lowest BCUT2D eigenvalue weighted by Crippen LogP contribution is -2.00. The molecule has 2 aliphatic rings. The zero-order valence-electron chi connectivity index (χ0n) is 8.77. The van der Waals surface area contributed by atoms with Crippen LogP contribution in [0.1, 0.15) is 35.6 Å². The lowest BCUT2D eigenvalue weighted by molar-refractivity contribution is 0.628. The summed E-state index contributed by atoms with van der Waals surface area (Å²) in [7, 11) is 0. The Morgan fingerprint density at radius 2 is 2.00 bits per heavy atom. The van der Waals surface area contributed by atoms with Crippen LogP contribution in [0.25, 0.3) is 0 Å². The van der Waals surface area contributed by atoms with Gasteiger partial charge in [0.05, 0.1) is 0 Å². The zero-order chi connectivity index (χ0) is 9.71. The van der Waals surface area contributed by atoms with Crippen molar-refractivity contribution >= 4 is 5.69 Å². The summed E-state index contributed by atoms with van der Waals surface area (Å²) < 4.78 is 0. The van der Waals surface area contributed by atoms with Crippen LogP contribution in [0.4, 0.5) is 5.69 Å². The molecule has 0 aromatic heterocycles. The largest absolute Gasteiger partial charge is 0.398 e. The van der Waals surface area contributed by atoms with Crippen molar-refractivity contribution in [2.24, 2.45) is 5.92 Å². The molecule has 0 amide bonds. The maximum atomic E-state index is 6.25. The highest BCUT2D eigenvalue weighted by molar-refractivity contribution is 5.63. The van der Waals surface area contributed by atoms with Crippen LogP contribution in [0.2, 0.25) is 0 Å². The number of fused-ring (bicyclic) bond motifs is 2. The number of benzene rings is 1. The van der Waals surface area contributed by atoms with Crippen LogP contribution in [-0.2, 0) is 25.7 Å². The van der Waals surface area contributed by atoms with E-state index in [2.05, 4.69) is 13.0 Å². The molecule has 0 saturated carbocycles. The minimum Gasteiger partial charge on any atom is -0.398 e. The van der Waals surface area contributed by atoms with Crippen LogP contribution < -0.4 is 5.73 Å². The molecule has 2 aliphatic carbocycles. The molecule has 0 spiro atoms. The Labute approximate surface area is 85.3 Å². The van der Waals surface area contributed by atoms with Gasteiger partial charge in [0, 0.05) is 5.69 Å². The van der Waals surface area contributed by atoms with E-state index in [1.54, 1.807) is 0 Å². The molecule has 0 fully saturated rings. The maximum Gasteiger partial charge on any atom is 0.0384 e. The summed E-state index contributed by atoms with van der Waals surface area (Å²) >= 11 is 0. The van der Waals surface area contributed by atoms with Gasteiger partial charge in [0.2, 0.25) is 0 Å². The van der Waals surface area contributed by atoms with Crippen molar-refractivity contribution in [3.63, 3.8) is 0 Å². The molecule has 1 aromatic carbocycles. The Morgan fingerprint density at radius 1 is 1.14 bits per heavy atom. The second-order valence-electron chi connectivity index (χ2n) is 4.93. The maximum absolute atomic E-state index is 6.25. The molecule has 1 heteroatoms. The van der Waals surface area contributed by atoms with Crippen molar-refractivity contribution in [3.05, 3.63) is 28.3 Å². The summed E-state index contributed by atoms with van der Waals surface area (Å²) in [6.45, 7) is 2.32. The highest BCUT2D eigenvalue weighted by atomic mass is 14.6. The Morgan fingerprint density at radius 3 is 2.86 bits per heavy atom. The van der Waals surface area contributed by atoms with Crippen molar-refractivity contribution in [1.29, 1.82) is 0 Å².